The Bertz CT molecular complexity index is 589. The molecule has 0 bridgehead atoms. The molecular formula is C14H20FN5. The van der Waals surface area contributed by atoms with E-state index >= 15 is 0 Å². The predicted octanol–water partition coefficient (Wildman–Crippen LogP) is 2.81. The summed E-state index contributed by atoms with van der Waals surface area (Å²) >= 11 is 0. The van der Waals surface area contributed by atoms with Gasteiger partial charge in [-0.3, -0.25) is 0 Å². The molecule has 0 atom stereocenters. The van der Waals surface area contributed by atoms with Crippen LogP contribution in [0.25, 0.3) is 11.4 Å². The number of anilines is 1. The molecule has 2 N–H and O–H groups in total. The van der Waals surface area contributed by atoms with Gasteiger partial charge in [-0.05, 0) is 41.3 Å². The van der Waals surface area contributed by atoms with Crippen LogP contribution in [0.2, 0.25) is 0 Å². The van der Waals surface area contributed by atoms with Crippen molar-refractivity contribution in [3.05, 3.63) is 23.5 Å². The van der Waals surface area contributed by atoms with Gasteiger partial charge >= 0.3 is 0 Å². The standard InChI is InChI=1S/C14H20FN5/c1-9-11(15)7-10(8-12(9)16)13-17-18-19-20(13)6-5-14(2,3)4/h7-8H,5-6,16H2,1-4H3. The lowest BCUT2D eigenvalue weighted by atomic mass is 9.92. The Hall–Kier alpha value is -1.98. The first-order valence-corrected chi connectivity index (χ1v) is 6.60. The fourth-order valence-corrected chi connectivity index (χ4v) is 1.83. The van der Waals surface area contributed by atoms with Crippen LogP contribution in [0.5, 0.6) is 0 Å². The van der Waals surface area contributed by atoms with E-state index in [-0.39, 0.29) is 11.2 Å². The number of hydrogen-bond acceptors (Lipinski definition) is 4. The van der Waals surface area contributed by atoms with Gasteiger partial charge in [0.15, 0.2) is 5.82 Å². The van der Waals surface area contributed by atoms with Crippen LogP contribution in [-0.4, -0.2) is 20.2 Å². The third-order valence-electron chi connectivity index (χ3n) is 3.25. The smallest absolute Gasteiger partial charge is 0.182 e. The molecule has 2 aromatic rings. The number of nitrogens with two attached hydrogens (primary N) is 1. The molecule has 0 fully saturated rings. The zero-order valence-corrected chi connectivity index (χ0v) is 12.3. The van der Waals surface area contributed by atoms with E-state index in [1.807, 2.05) is 0 Å². The summed E-state index contributed by atoms with van der Waals surface area (Å²) in [6.45, 7) is 8.79. The van der Waals surface area contributed by atoms with Gasteiger partial charge in [-0.15, -0.1) is 5.10 Å². The van der Waals surface area contributed by atoms with Crippen molar-refractivity contribution in [3.63, 3.8) is 0 Å². The lowest BCUT2D eigenvalue weighted by Gasteiger charge is -2.17. The zero-order valence-electron chi connectivity index (χ0n) is 12.3. The molecule has 1 aromatic heterocycles. The zero-order chi connectivity index (χ0) is 14.9. The first kappa shape index (κ1) is 14.4. The van der Waals surface area contributed by atoms with Crippen molar-refractivity contribution < 1.29 is 4.39 Å². The molecule has 108 valence electrons. The number of nitrogens with zero attached hydrogens (tertiary/aromatic N) is 4. The van der Waals surface area contributed by atoms with E-state index < -0.39 is 0 Å². The fourth-order valence-electron chi connectivity index (χ4n) is 1.83. The number of aromatic nitrogens is 4. The van der Waals surface area contributed by atoms with Crippen LogP contribution in [0.4, 0.5) is 10.1 Å². The minimum absolute atomic E-state index is 0.181. The Labute approximate surface area is 118 Å². The van der Waals surface area contributed by atoms with Crippen molar-refractivity contribution in [1.29, 1.82) is 0 Å². The molecule has 0 aliphatic heterocycles. The van der Waals surface area contributed by atoms with E-state index in [2.05, 4.69) is 36.3 Å². The van der Waals surface area contributed by atoms with Gasteiger partial charge in [-0.1, -0.05) is 20.8 Å². The largest absolute Gasteiger partial charge is 0.398 e. The van der Waals surface area contributed by atoms with E-state index in [0.29, 0.717) is 29.2 Å². The summed E-state index contributed by atoms with van der Waals surface area (Å²) < 4.78 is 15.5. The second-order valence-electron chi connectivity index (χ2n) is 6.21. The number of benzene rings is 1. The van der Waals surface area contributed by atoms with Crippen molar-refractivity contribution >= 4 is 5.69 Å². The Kier molecular flexibility index (Phi) is 3.74. The molecule has 0 saturated carbocycles. The number of nitrogen functional groups attached to an aromatic ring is 1. The minimum Gasteiger partial charge on any atom is -0.398 e. The first-order chi connectivity index (χ1) is 9.28. The second kappa shape index (κ2) is 5.19. The van der Waals surface area contributed by atoms with Gasteiger partial charge in [0.1, 0.15) is 5.82 Å². The Morgan fingerprint density at radius 3 is 2.60 bits per heavy atom. The van der Waals surface area contributed by atoms with E-state index in [9.17, 15) is 4.39 Å². The third-order valence-corrected chi connectivity index (χ3v) is 3.25. The summed E-state index contributed by atoms with van der Waals surface area (Å²) in [6.07, 6.45) is 0.925. The van der Waals surface area contributed by atoms with Gasteiger partial charge in [0.25, 0.3) is 0 Å². The van der Waals surface area contributed by atoms with Crippen molar-refractivity contribution in [2.75, 3.05) is 5.73 Å². The van der Waals surface area contributed by atoms with E-state index in [0.717, 1.165) is 6.42 Å². The molecule has 6 heteroatoms. The molecule has 0 unspecified atom stereocenters. The van der Waals surface area contributed by atoms with Crippen LogP contribution in [0.3, 0.4) is 0 Å². The molecule has 1 heterocycles. The average molecular weight is 277 g/mol. The Morgan fingerprint density at radius 2 is 2.00 bits per heavy atom. The topological polar surface area (TPSA) is 69.6 Å². The summed E-state index contributed by atoms with van der Waals surface area (Å²) in [4.78, 5) is 0. The summed E-state index contributed by atoms with van der Waals surface area (Å²) in [5.41, 5.74) is 7.44. The van der Waals surface area contributed by atoms with Crippen LogP contribution < -0.4 is 5.73 Å². The van der Waals surface area contributed by atoms with Crippen molar-refractivity contribution in [2.45, 2.75) is 40.7 Å². The molecular weight excluding hydrogens is 257 g/mol. The molecule has 0 aliphatic carbocycles. The van der Waals surface area contributed by atoms with Gasteiger partial charge in [-0.25, -0.2) is 9.07 Å². The number of hydrogen-bond donors (Lipinski definition) is 1. The van der Waals surface area contributed by atoms with Crippen LogP contribution in [0.1, 0.15) is 32.8 Å². The number of rotatable bonds is 3. The highest BCUT2D eigenvalue weighted by Crippen LogP contribution is 2.25. The maximum atomic E-state index is 13.8. The van der Waals surface area contributed by atoms with E-state index in [4.69, 9.17) is 5.73 Å². The highest BCUT2D eigenvalue weighted by Gasteiger charge is 2.16. The second-order valence-corrected chi connectivity index (χ2v) is 6.21. The highest BCUT2D eigenvalue weighted by molar-refractivity contribution is 5.63. The summed E-state index contributed by atoms with van der Waals surface area (Å²) in [6, 6.07) is 3.13. The monoisotopic (exact) mass is 277 g/mol. The number of halogens is 1. The molecule has 0 saturated heterocycles. The molecule has 0 spiro atoms. The molecule has 1 aromatic carbocycles. The SMILES string of the molecule is Cc1c(N)cc(-c2nnnn2CCC(C)(C)C)cc1F. The average Bonchev–Trinajstić information content (AvgIpc) is 2.80. The number of aryl methyl sites for hydroxylation is 1. The van der Waals surface area contributed by atoms with Crippen LogP contribution in [-0.2, 0) is 6.54 Å². The van der Waals surface area contributed by atoms with Crippen LogP contribution in [0, 0.1) is 18.2 Å². The van der Waals surface area contributed by atoms with E-state index in [1.54, 1.807) is 17.7 Å². The van der Waals surface area contributed by atoms with E-state index in [1.165, 1.54) is 6.07 Å². The summed E-state index contributed by atoms with van der Waals surface area (Å²) in [7, 11) is 0. The fraction of sp³-hybridized carbons (Fsp3) is 0.500. The van der Waals surface area contributed by atoms with Gasteiger partial charge < -0.3 is 5.73 Å². The van der Waals surface area contributed by atoms with Crippen molar-refractivity contribution in [3.8, 4) is 11.4 Å². The molecule has 2 rings (SSSR count). The van der Waals surface area contributed by atoms with Gasteiger partial charge in [0.2, 0.25) is 0 Å². The maximum Gasteiger partial charge on any atom is 0.182 e. The minimum atomic E-state index is -0.342. The maximum absolute atomic E-state index is 13.8. The summed E-state index contributed by atoms with van der Waals surface area (Å²) in [5, 5.41) is 11.6. The van der Waals surface area contributed by atoms with Crippen molar-refractivity contribution in [2.24, 2.45) is 5.41 Å². The third kappa shape index (κ3) is 3.12. The lowest BCUT2D eigenvalue weighted by Crippen LogP contribution is -2.12. The molecule has 20 heavy (non-hydrogen) atoms. The first-order valence-electron chi connectivity index (χ1n) is 6.60. The van der Waals surface area contributed by atoms with Crippen LogP contribution >= 0.6 is 0 Å². The van der Waals surface area contributed by atoms with Gasteiger partial charge in [0, 0.05) is 23.4 Å². The normalized spacial score (nSPS) is 11.8. The molecule has 0 aliphatic rings. The lowest BCUT2D eigenvalue weighted by molar-refractivity contribution is 0.340. The highest BCUT2D eigenvalue weighted by atomic mass is 19.1. The van der Waals surface area contributed by atoms with Gasteiger partial charge in [0.05, 0.1) is 0 Å². The van der Waals surface area contributed by atoms with Gasteiger partial charge in [-0.2, -0.15) is 0 Å². The number of tetrazole rings is 1. The van der Waals surface area contributed by atoms with Crippen LogP contribution in [0.15, 0.2) is 12.1 Å². The predicted molar refractivity (Wildman–Crippen MR) is 76.4 cm³/mol. The Balaban J connectivity index is 2.33. The molecule has 0 amide bonds. The van der Waals surface area contributed by atoms with Crippen molar-refractivity contribution in [1.82, 2.24) is 20.2 Å². The summed E-state index contributed by atoms with van der Waals surface area (Å²) in [5.74, 6) is 0.199. The Morgan fingerprint density at radius 1 is 1.30 bits per heavy atom. The molecule has 5 nitrogen and oxygen atoms in total. The molecule has 0 radical (unpaired) electrons. The quantitative estimate of drug-likeness (QED) is 0.876.